The molecule has 4 nitrogen and oxygen atoms in total. The van der Waals surface area contributed by atoms with Gasteiger partial charge >= 0.3 is 0 Å². The minimum absolute atomic E-state index is 0.406. The monoisotopic (exact) mass is 262 g/mol. The first-order valence-corrected chi connectivity index (χ1v) is 6.72. The number of benzene rings is 1. The molecule has 0 amide bonds. The SMILES string of the molecule is C1=CC(c2ccc3[nH]nc(-c4ccc[nH]4)c3c2)CC=N1. The van der Waals surface area contributed by atoms with Crippen molar-refractivity contribution in [2.75, 3.05) is 0 Å². The molecule has 1 atom stereocenters. The largest absolute Gasteiger partial charge is 0.360 e. The summed E-state index contributed by atoms with van der Waals surface area (Å²) in [6, 6.07) is 10.5. The maximum absolute atomic E-state index is 4.42. The van der Waals surface area contributed by atoms with Crippen LogP contribution < -0.4 is 0 Å². The fourth-order valence-electron chi connectivity index (χ4n) is 2.66. The van der Waals surface area contributed by atoms with Gasteiger partial charge in [0, 0.05) is 29.9 Å². The Balaban J connectivity index is 1.83. The molecule has 3 heterocycles. The molecule has 2 N–H and O–H groups in total. The van der Waals surface area contributed by atoms with Gasteiger partial charge in [-0.05, 0) is 36.2 Å². The molecule has 98 valence electrons. The summed E-state index contributed by atoms with van der Waals surface area (Å²) < 4.78 is 0. The van der Waals surface area contributed by atoms with Gasteiger partial charge in [-0.25, -0.2) is 0 Å². The van der Waals surface area contributed by atoms with Crippen molar-refractivity contribution in [3.63, 3.8) is 0 Å². The first-order valence-electron chi connectivity index (χ1n) is 6.72. The van der Waals surface area contributed by atoms with Crippen LogP contribution in [0, 0.1) is 0 Å². The van der Waals surface area contributed by atoms with Gasteiger partial charge in [-0.1, -0.05) is 12.1 Å². The highest BCUT2D eigenvalue weighted by molar-refractivity contribution is 5.92. The highest BCUT2D eigenvalue weighted by Crippen LogP contribution is 2.30. The van der Waals surface area contributed by atoms with Crippen molar-refractivity contribution < 1.29 is 0 Å². The number of H-pyrrole nitrogens is 2. The number of allylic oxidation sites excluding steroid dienone is 1. The fraction of sp³-hybridized carbons (Fsp3) is 0.125. The Morgan fingerprint density at radius 3 is 3.00 bits per heavy atom. The molecule has 4 heteroatoms. The predicted octanol–water partition coefficient (Wildman–Crippen LogP) is 3.63. The molecule has 0 saturated heterocycles. The van der Waals surface area contributed by atoms with Crippen LogP contribution in [0.1, 0.15) is 17.9 Å². The lowest BCUT2D eigenvalue weighted by Crippen LogP contribution is -1.98. The molecular formula is C16H14N4. The van der Waals surface area contributed by atoms with Crippen molar-refractivity contribution in [2.45, 2.75) is 12.3 Å². The van der Waals surface area contributed by atoms with Crippen molar-refractivity contribution in [1.82, 2.24) is 15.2 Å². The molecule has 0 fully saturated rings. The number of hydrogen-bond donors (Lipinski definition) is 2. The lowest BCUT2D eigenvalue weighted by molar-refractivity contribution is 0.889. The van der Waals surface area contributed by atoms with Crippen molar-refractivity contribution in [2.24, 2.45) is 4.99 Å². The number of hydrogen-bond acceptors (Lipinski definition) is 2. The van der Waals surface area contributed by atoms with Crippen LogP contribution in [0.25, 0.3) is 22.3 Å². The third-order valence-electron chi connectivity index (χ3n) is 3.74. The molecule has 1 aromatic carbocycles. The topological polar surface area (TPSA) is 56.8 Å². The number of nitrogens with one attached hydrogen (secondary N) is 2. The van der Waals surface area contributed by atoms with E-state index in [-0.39, 0.29) is 0 Å². The lowest BCUT2D eigenvalue weighted by atomic mass is 9.93. The van der Waals surface area contributed by atoms with Gasteiger partial charge in [-0.15, -0.1) is 0 Å². The van der Waals surface area contributed by atoms with E-state index < -0.39 is 0 Å². The lowest BCUT2D eigenvalue weighted by Gasteiger charge is -2.12. The van der Waals surface area contributed by atoms with Gasteiger partial charge in [0.05, 0.1) is 11.2 Å². The number of aromatic nitrogens is 3. The van der Waals surface area contributed by atoms with Crippen LogP contribution in [0.3, 0.4) is 0 Å². The van der Waals surface area contributed by atoms with E-state index >= 15 is 0 Å². The number of rotatable bonds is 2. The maximum Gasteiger partial charge on any atom is 0.116 e. The second-order valence-corrected chi connectivity index (χ2v) is 4.98. The summed E-state index contributed by atoms with van der Waals surface area (Å²) in [4.78, 5) is 7.35. The van der Waals surface area contributed by atoms with Crippen LogP contribution in [-0.2, 0) is 0 Å². The highest BCUT2D eigenvalue weighted by atomic mass is 15.1. The minimum atomic E-state index is 0.406. The van der Waals surface area contributed by atoms with E-state index in [1.165, 1.54) is 5.56 Å². The van der Waals surface area contributed by atoms with Gasteiger partial charge in [0.25, 0.3) is 0 Å². The van der Waals surface area contributed by atoms with E-state index in [1.807, 2.05) is 30.7 Å². The van der Waals surface area contributed by atoms with E-state index in [0.717, 1.165) is 28.7 Å². The quantitative estimate of drug-likeness (QED) is 0.728. The number of nitrogens with zero attached hydrogens (tertiary/aromatic N) is 2. The summed E-state index contributed by atoms with van der Waals surface area (Å²) in [7, 11) is 0. The van der Waals surface area contributed by atoms with Crippen LogP contribution in [-0.4, -0.2) is 21.4 Å². The van der Waals surface area contributed by atoms with Crippen LogP contribution in [0.2, 0.25) is 0 Å². The number of aliphatic imine (C=N–C) groups is 1. The molecule has 0 aliphatic carbocycles. The normalized spacial score (nSPS) is 17.9. The number of aromatic amines is 2. The second-order valence-electron chi connectivity index (χ2n) is 4.98. The van der Waals surface area contributed by atoms with E-state index in [2.05, 4.69) is 44.4 Å². The molecule has 1 aliphatic heterocycles. The van der Waals surface area contributed by atoms with E-state index in [4.69, 9.17) is 0 Å². The average Bonchev–Trinajstić information content (AvgIpc) is 3.16. The zero-order valence-electron chi connectivity index (χ0n) is 10.9. The maximum atomic E-state index is 4.42. The third kappa shape index (κ3) is 1.77. The smallest absolute Gasteiger partial charge is 0.116 e. The second kappa shape index (κ2) is 4.49. The van der Waals surface area contributed by atoms with Gasteiger partial charge in [-0.2, -0.15) is 5.10 Å². The molecule has 20 heavy (non-hydrogen) atoms. The summed E-state index contributed by atoms with van der Waals surface area (Å²) in [6.07, 6.45) is 8.86. The van der Waals surface area contributed by atoms with Gasteiger partial charge in [0.2, 0.25) is 0 Å². The zero-order chi connectivity index (χ0) is 13.4. The van der Waals surface area contributed by atoms with Gasteiger partial charge < -0.3 is 4.98 Å². The first kappa shape index (κ1) is 11.2. The molecule has 3 aromatic rings. The van der Waals surface area contributed by atoms with Crippen molar-refractivity contribution in [3.05, 3.63) is 54.4 Å². The molecule has 0 radical (unpaired) electrons. The molecule has 1 aliphatic rings. The summed E-state index contributed by atoms with van der Waals surface area (Å²) in [5.41, 5.74) is 4.37. The highest BCUT2D eigenvalue weighted by Gasteiger charge is 2.13. The molecule has 2 aromatic heterocycles. The summed E-state index contributed by atoms with van der Waals surface area (Å²) in [5.74, 6) is 0.406. The summed E-state index contributed by atoms with van der Waals surface area (Å²) in [6.45, 7) is 0. The molecular weight excluding hydrogens is 248 g/mol. The Morgan fingerprint density at radius 2 is 2.20 bits per heavy atom. The Morgan fingerprint density at radius 1 is 1.20 bits per heavy atom. The van der Waals surface area contributed by atoms with Crippen molar-refractivity contribution in [1.29, 1.82) is 0 Å². The predicted molar refractivity (Wildman–Crippen MR) is 80.9 cm³/mol. The Kier molecular flexibility index (Phi) is 2.52. The number of fused-ring (bicyclic) bond motifs is 1. The zero-order valence-corrected chi connectivity index (χ0v) is 10.9. The molecule has 0 saturated carbocycles. The molecule has 0 bridgehead atoms. The van der Waals surface area contributed by atoms with Gasteiger partial charge in [0.15, 0.2) is 0 Å². The molecule has 4 rings (SSSR count). The summed E-state index contributed by atoms with van der Waals surface area (Å²) >= 11 is 0. The Bertz CT molecular complexity index is 793. The Hall–Kier alpha value is -2.62. The first-order chi connectivity index (χ1) is 9.92. The summed E-state index contributed by atoms with van der Waals surface area (Å²) in [5, 5.41) is 8.67. The van der Waals surface area contributed by atoms with Gasteiger partial charge in [-0.3, -0.25) is 10.1 Å². The van der Waals surface area contributed by atoms with E-state index in [0.29, 0.717) is 5.92 Å². The molecule has 0 spiro atoms. The van der Waals surface area contributed by atoms with Gasteiger partial charge in [0.1, 0.15) is 5.69 Å². The van der Waals surface area contributed by atoms with Crippen molar-refractivity contribution in [3.8, 4) is 11.4 Å². The van der Waals surface area contributed by atoms with Crippen molar-refractivity contribution >= 4 is 17.1 Å². The standard InChI is InChI=1S/C16H14N4/c1-2-15(18-7-1)16-13-10-12(3-4-14(13)19-20-16)11-5-8-17-9-6-11/h1-5,7-11,18H,6H2,(H,19,20). The third-order valence-corrected chi connectivity index (χ3v) is 3.74. The van der Waals surface area contributed by atoms with E-state index in [9.17, 15) is 0 Å². The Labute approximate surface area is 116 Å². The average molecular weight is 262 g/mol. The van der Waals surface area contributed by atoms with Crippen LogP contribution >= 0.6 is 0 Å². The van der Waals surface area contributed by atoms with Crippen LogP contribution in [0.15, 0.2) is 53.8 Å². The van der Waals surface area contributed by atoms with Crippen LogP contribution in [0.5, 0.6) is 0 Å². The van der Waals surface area contributed by atoms with E-state index in [1.54, 1.807) is 0 Å². The van der Waals surface area contributed by atoms with Crippen LogP contribution in [0.4, 0.5) is 0 Å². The fourth-order valence-corrected chi connectivity index (χ4v) is 2.66. The minimum Gasteiger partial charge on any atom is -0.360 e. The molecule has 1 unspecified atom stereocenters.